The molecule has 25 heavy (non-hydrogen) atoms. The summed E-state index contributed by atoms with van der Waals surface area (Å²) >= 11 is 6.35. The molecule has 1 spiro atoms. The Morgan fingerprint density at radius 1 is 1.16 bits per heavy atom. The molecule has 2 heterocycles. The highest BCUT2D eigenvalue weighted by atomic mass is 35.5. The molecular formula is C20H29ClN2O2. The van der Waals surface area contributed by atoms with Crippen molar-refractivity contribution in [2.75, 3.05) is 31.6 Å². The molecule has 1 aromatic rings. The molecule has 2 aliphatic heterocycles. The minimum absolute atomic E-state index is 0.00794. The maximum absolute atomic E-state index is 12.8. The van der Waals surface area contributed by atoms with Gasteiger partial charge in [-0.25, -0.2) is 4.79 Å². The van der Waals surface area contributed by atoms with Crippen LogP contribution >= 0.6 is 11.6 Å². The number of nitrogens with zero attached hydrogens (tertiary/aromatic N) is 1. The van der Waals surface area contributed by atoms with Gasteiger partial charge in [0.2, 0.25) is 0 Å². The second-order valence-electron chi connectivity index (χ2n) is 7.30. The van der Waals surface area contributed by atoms with Gasteiger partial charge in [-0.05, 0) is 61.1 Å². The fourth-order valence-corrected chi connectivity index (χ4v) is 4.43. The van der Waals surface area contributed by atoms with Crippen molar-refractivity contribution < 1.29 is 9.53 Å². The SMILES string of the molecule is CCc1ccc(Cl)c(CC)c1NC(=O)N1CCC2(CCOCC2)CC1. The summed E-state index contributed by atoms with van der Waals surface area (Å²) in [4.78, 5) is 14.8. The van der Waals surface area contributed by atoms with E-state index in [4.69, 9.17) is 16.3 Å². The summed E-state index contributed by atoms with van der Waals surface area (Å²) in [6, 6.07) is 3.96. The molecular weight excluding hydrogens is 336 g/mol. The molecule has 1 aromatic carbocycles. The maximum Gasteiger partial charge on any atom is 0.321 e. The smallest absolute Gasteiger partial charge is 0.321 e. The van der Waals surface area contributed by atoms with Gasteiger partial charge in [-0.3, -0.25) is 0 Å². The number of urea groups is 1. The number of rotatable bonds is 3. The average molecular weight is 365 g/mol. The second kappa shape index (κ2) is 7.96. The largest absolute Gasteiger partial charge is 0.381 e. The molecule has 0 radical (unpaired) electrons. The summed E-state index contributed by atoms with van der Waals surface area (Å²) in [5.41, 5.74) is 3.49. The lowest BCUT2D eigenvalue weighted by atomic mass is 9.72. The number of piperidine rings is 1. The zero-order chi connectivity index (χ0) is 17.9. The van der Waals surface area contributed by atoms with Crippen molar-refractivity contribution in [3.05, 3.63) is 28.3 Å². The summed E-state index contributed by atoms with van der Waals surface area (Å²) in [6.07, 6.45) is 6.13. The molecule has 2 amide bonds. The number of halogens is 1. The van der Waals surface area contributed by atoms with Gasteiger partial charge in [-0.15, -0.1) is 0 Å². The quantitative estimate of drug-likeness (QED) is 0.829. The number of aryl methyl sites for hydroxylation is 1. The molecule has 0 aromatic heterocycles. The molecule has 2 saturated heterocycles. The normalized spacial score (nSPS) is 19.9. The summed E-state index contributed by atoms with van der Waals surface area (Å²) in [6.45, 7) is 7.58. The zero-order valence-corrected chi connectivity index (χ0v) is 16.1. The third-order valence-corrected chi connectivity index (χ3v) is 6.33. The first-order valence-corrected chi connectivity index (χ1v) is 9.90. The third-order valence-electron chi connectivity index (χ3n) is 5.97. The van der Waals surface area contributed by atoms with Crippen LogP contribution in [-0.4, -0.2) is 37.2 Å². The van der Waals surface area contributed by atoms with Crippen molar-refractivity contribution in [3.63, 3.8) is 0 Å². The lowest BCUT2D eigenvalue weighted by molar-refractivity contribution is -0.0138. The molecule has 4 nitrogen and oxygen atoms in total. The lowest BCUT2D eigenvalue weighted by Gasteiger charge is -2.44. The Morgan fingerprint density at radius 3 is 2.44 bits per heavy atom. The fourth-order valence-electron chi connectivity index (χ4n) is 4.14. The van der Waals surface area contributed by atoms with Gasteiger partial charge < -0.3 is 15.0 Å². The first kappa shape index (κ1) is 18.5. The molecule has 0 saturated carbocycles. The van der Waals surface area contributed by atoms with Crippen LogP contribution in [0.1, 0.15) is 50.7 Å². The van der Waals surface area contributed by atoms with Crippen molar-refractivity contribution in [2.24, 2.45) is 5.41 Å². The molecule has 0 atom stereocenters. The molecule has 5 heteroatoms. The van der Waals surface area contributed by atoms with Crippen molar-refractivity contribution in [3.8, 4) is 0 Å². The van der Waals surface area contributed by atoms with Gasteiger partial charge >= 0.3 is 6.03 Å². The van der Waals surface area contributed by atoms with Crippen LogP contribution in [0.25, 0.3) is 0 Å². The van der Waals surface area contributed by atoms with E-state index in [0.29, 0.717) is 5.41 Å². The highest BCUT2D eigenvalue weighted by molar-refractivity contribution is 6.31. The second-order valence-corrected chi connectivity index (χ2v) is 7.70. The number of amides is 2. The minimum atomic E-state index is 0.00794. The fraction of sp³-hybridized carbons (Fsp3) is 0.650. The van der Waals surface area contributed by atoms with Gasteiger partial charge in [0, 0.05) is 31.3 Å². The number of benzene rings is 1. The Kier molecular flexibility index (Phi) is 5.90. The van der Waals surface area contributed by atoms with E-state index in [1.54, 1.807) is 0 Å². The first-order valence-electron chi connectivity index (χ1n) is 9.52. The van der Waals surface area contributed by atoms with Gasteiger partial charge in [-0.2, -0.15) is 0 Å². The molecule has 138 valence electrons. The van der Waals surface area contributed by atoms with E-state index in [1.165, 1.54) is 0 Å². The number of carbonyl (C=O) groups is 1. The lowest BCUT2D eigenvalue weighted by Crippen LogP contribution is -2.46. The predicted molar refractivity (Wildman–Crippen MR) is 103 cm³/mol. The zero-order valence-electron chi connectivity index (χ0n) is 15.4. The van der Waals surface area contributed by atoms with E-state index in [1.807, 2.05) is 17.0 Å². The molecule has 1 N–H and O–H groups in total. The van der Waals surface area contributed by atoms with E-state index in [0.717, 1.165) is 86.7 Å². The van der Waals surface area contributed by atoms with Crippen LogP contribution in [0.5, 0.6) is 0 Å². The predicted octanol–water partition coefficient (Wildman–Crippen LogP) is 4.89. The highest BCUT2D eigenvalue weighted by Crippen LogP contribution is 2.40. The van der Waals surface area contributed by atoms with Crippen molar-refractivity contribution in [1.29, 1.82) is 0 Å². The molecule has 2 aliphatic rings. The monoisotopic (exact) mass is 364 g/mol. The van der Waals surface area contributed by atoms with Crippen LogP contribution in [0.2, 0.25) is 5.02 Å². The van der Waals surface area contributed by atoms with Crippen LogP contribution < -0.4 is 5.32 Å². The Morgan fingerprint density at radius 2 is 1.84 bits per heavy atom. The third kappa shape index (κ3) is 3.95. The van der Waals surface area contributed by atoms with Crippen LogP contribution in [-0.2, 0) is 17.6 Å². The molecule has 0 bridgehead atoms. The maximum atomic E-state index is 12.8. The highest BCUT2D eigenvalue weighted by Gasteiger charge is 2.37. The standard InChI is InChI=1S/C20H29ClN2O2/c1-3-15-5-6-17(21)16(4-2)18(15)22-19(24)23-11-7-20(8-12-23)9-13-25-14-10-20/h5-6H,3-4,7-14H2,1-2H3,(H,22,24). The van der Waals surface area contributed by atoms with E-state index in [-0.39, 0.29) is 6.03 Å². The van der Waals surface area contributed by atoms with Gasteiger partial charge in [0.15, 0.2) is 0 Å². The van der Waals surface area contributed by atoms with E-state index >= 15 is 0 Å². The topological polar surface area (TPSA) is 41.6 Å². The number of hydrogen-bond donors (Lipinski definition) is 1. The summed E-state index contributed by atoms with van der Waals surface area (Å²) < 4.78 is 5.51. The summed E-state index contributed by atoms with van der Waals surface area (Å²) in [5.74, 6) is 0. The molecule has 2 fully saturated rings. The van der Waals surface area contributed by atoms with Crippen LogP contribution in [0.4, 0.5) is 10.5 Å². The van der Waals surface area contributed by atoms with Crippen LogP contribution in [0.3, 0.4) is 0 Å². The Labute approximate surface area is 155 Å². The van der Waals surface area contributed by atoms with E-state index < -0.39 is 0 Å². The molecule has 0 unspecified atom stereocenters. The Bertz CT molecular complexity index is 616. The van der Waals surface area contributed by atoms with Gasteiger partial charge in [0.1, 0.15) is 0 Å². The van der Waals surface area contributed by atoms with Gasteiger partial charge in [0.05, 0.1) is 5.69 Å². The van der Waals surface area contributed by atoms with Crippen molar-refractivity contribution in [2.45, 2.75) is 52.4 Å². The van der Waals surface area contributed by atoms with E-state index in [2.05, 4.69) is 19.2 Å². The number of ether oxygens (including phenoxy) is 1. The summed E-state index contributed by atoms with van der Waals surface area (Å²) in [5, 5.41) is 3.89. The number of hydrogen-bond acceptors (Lipinski definition) is 2. The number of anilines is 1. The van der Waals surface area contributed by atoms with Crippen LogP contribution in [0.15, 0.2) is 12.1 Å². The Balaban J connectivity index is 1.68. The summed E-state index contributed by atoms with van der Waals surface area (Å²) in [7, 11) is 0. The van der Waals surface area contributed by atoms with Crippen molar-refractivity contribution in [1.82, 2.24) is 4.90 Å². The Hall–Kier alpha value is -1.26. The minimum Gasteiger partial charge on any atom is -0.381 e. The molecule has 0 aliphatic carbocycles. The van der Waals surface area contributed by atoms with Gasteiger partial charge in [-0.1, -0.05) is 31.5 Å². The number of likely N-dealkylation sites (tertiary alicyclic amines) is 1. The number of nitrogens with one attached hydrogen (secondary N) is 1. The van der Waals surface area contributed by atoms with Crippen LogP contribution in [0, 0.1) is 5.41 Å². The average Bonchev–Trinajstić information content (AvgIpc) is 2.63. The van der Waals surface area contributed by atoms with E-state index in [9.17, 15) is 4.79 Å². The molecule has 3 rings (SSSR count). The first-order chi connectivity index (χ1) is 12.1. The van der Waals surface area contributed by atoms with Gasteiger partial charge in [0.25, 0.3) is 0 Å². The van der Waals surface area contributed by atoms with Crippen molar-refractivity contribution >= 4 is 23.3 Å². The number of carbonyl (C=O) groups excluding carboxylic acids is 1.